The molecule has 6 nitrogen and oxygen atoms in total. The van der Waals surface area contributed by atoms with Gasteiger partial charge in [-0.05, 0) is 38.0 Å². The molecule has 144 valence electrons. The van der Waals surface area contributed by atoms with E-state index in [9.17, 15) is 18.0 Å². The van der Waals surface area contributed by atoms with Crippen LogP contribution in [-0.2, 0) is 6.18 Å². The maximum atomic E-state index is 12.7. The molecule has 0 amide bonds. The Morgan fingerprint density at radius 2 is 1.96 bits per heavy atom. The Balaban J connectivity index is 1.61. The van der Waals surface area contributed by atoms with E-state index in [4.69, 9.17) is 5.11 Å². The topological polar surface area (TPSA) is 71.2 Å². The van der Waals surface area contributed by atoms with Crippen molar-refractivity contribution in [2.75, 3.05) is 13.1 Å². The zero-order valence-electron chi connectivity index (χ0n) is 14.6. The Hall–Kier alpha value is -2.84. The zero-order valence-corrected chi connectivity index (χ0v) is 14.6. The van der Waals surface area contributed by atoms with E-state index in [1.807, 2.05) is 11.0 Å². The second-order valence-corrected chi connectivity index (χ2v) is 6.47. The van der Waals surface area contributed by atoms with Crippen LogP contribution in [0.2, 0.25) is 0 Å². The van der Waals surface area contributed by atoms with Crippen LogP contribution in [0, 0.1) is 6.92 Å². The minimum absolute atomic E-state index is 0.0319. The molecule has 0 spiro atoms. The van der Waals surface area contributed by atoms with Gasteiger partial charge >= 0.3 is 12.1 Å². The maximum Gasteiger partial charge on any atom is 0.435 e. The molecule has 0 radical (unpaired) electrons. The molecule has 1 N–H and O–H groups in total. The average Bonchev–Trinajstić information content (AvgIpc) is 3.02. The largest absolute Gasteiger partial charge is 0.477 e. The normalized spacial score (nSPS) is 16.2. The molecule has 9 heteroatoms. The molecule has 1 fully saturated rings. The van der Waals surface area contributed by atoms with E-state index in [1.54, 1.807) is 19.2 Å². The van der Waals surface area contributed by atoms with Crippen LogP contribution >= 0.6 is 0 Å². The van der Waals surface area contributed by atoms with Crippen LogP contribution in [0.25, 0.3) is 6.20 Å². The number of halogens is 3. The van der Waals surface area contributed by atoms with Gasteiger partial charge in [-0.25, -0.2) is 14.5 Å². The Labute approximate surface area is 153 Å². The molecule has 27 heavy (non-hydrogen) atoms. The number of carbonyl (C=O) groups is 1. The summed E-state index contributed by atoms with van der Waals surface area (Å²) in [5.74, 6) is -0.887. The lowest BCUT2D eigenvalue weighted by molar-refractivity contribution is -0.141. The van der Waals surface area contributed by atoms with Crippen molar-refractivity contribution in [3.8, 4) is 0 Å². The molecule has 1 aliphatic heterocycles. The fourth-order valence-corrected chi connectivity index (χ4v) is 3.08. The second kappa shape index (κ2) is 7.42. The Kier molecular flexibility index (Phi) is 5.20. The van der Waals surface area contributed by atoms with Gasteiger partial charge in [0.1, 0.15) is 5.69 Å². The number of rotatable bonds is 4. The minimum Gasteiger partial charge on any atom is -0.477 e. The van der Waals surface area contributed by atoms with E-state index in [1.165, 1.54) is 16.9 Å². The minimum atomic E-state index is -4.46. The van der Waals surface area contributed by atoms with Gasteiger partial charge in [-0.2, -0.15) is 18.3 Å². The lowest BCUT2D eigenvalue weighted by Crippen LogP contribution is -2.29. The van der Waals surface area contributed by atoms with Crippen LogP contribution in [0.4, 0.5) is 13.2 Å². The zero-order chi connectivity index (χ0) is 19.6. The summed E-state index contributed by atoms with van der Waals surface area (Å²) in [7, 11) is 0. The fraction of sp³-hybridized carbons (Fsp3) is 0.389. The first-order valence-corrected chi connectivity index (χ1v) is 8.50. The number of aryl methyl sites for hydroxylation is 1. The van der Waals surface area contributed by atoms with Crippen molar-refractivity contribution < 1.29 is 23.1 Å². The number of nitrogens with zero attached hydrogens (tertiary/aromatic N) is 4. The molecular formula is C18H19F3N4O2. The number of carboxylic acids is 1. The summed E-state index contributed by atoms with van der Waals surface area (Å²) in [6.07, 6.45) is 0.365. The van der Waals surface area contributed by atoms with Crippen LogP contribution in [0.1, 0.15) is 46.3 Å². The quantitative estimate of drug-likeness (QED) is 0.877. The van der Waals surface area contributed by atoms with Crippen molar-refractivity contribution in [2.24, 2.45) is 0 Å². The van der Waals surface area contributed by atoms with Gasteiger partial charge in [0.15, 0.2) is 5.69 Å². The predicted molar refractivity (Wildman–Crippen MR) is 92.0 cm³/mol. The first kappa shape index (κ1) is 18.9. The molecule has 0 unspecified atom stereocenters. The molecular weight excluding hydrogens is 361 g/mol. The molecule has 1 aliphatic rings. The van der Waals surface area contributed by atoms with Gasteiger partial charge in [0, 0.05) is 42.8 Å². The van der Waals surface area contributed by atoms with Gasteiger partial charge in [0.05, 0.1) is 0 Å². The van der Waals surface area contributed by atoms with Crippen LogP contribution in [-0.4, -0.2) is 43.8 Å². The predicted octanol–water partition coefficient (Wildman–Crippen LogP) is 3.61. The fourth-order valence-electron chi connectivity index (χ4n) is 3.08. The van der Waals surface area contributed by atoms with Gasteiger partial charge in [-0.15, -0.1) is 0 Å². The van der Waals surface area contributed by atoms with E-state index in [2.05, 4.69) is 10.1 Å². The summed E-state index contributed by atoms with van der Waals surface area (Å²) < 4.78 is 39.3. The van der Waals surface area contributed by atoms with Gasteiger partial charge in [-0.1, -0.05) is 6.07 Å². The standard InChI is InChI=1S/C18H19F3N4O2/c1-12-11-16(18(19,20)21)23-25(12)10-9-24-7-5-13(6-8-24)14-3-2-4-15(22-14)17(26)27/h2-4,9-11,13H,5-8H2,1H3,(H,26,27). The van der Waals surface area contributed by atoms with Gasteiger partial charge in [-0.3, -0.25) is 0 Å². The van der Waals surface area contributed by atoms with E-state index in [-0.39, 0.29) is 11.6 Å². The number of hydrogen-bond donors (Lipinski definition) is 1. The second-order valence-electron chi connectivity index (χ2n) is 6.47. The number of alkyl halides is 3. The molecule has 3 heterocycles. The smallest absolute Gasteiger partial charge is 0.435 e. The summed E-state index contributed by atoms with van der Waals surface area (Å²) in [6, 6.07) is 5.99. The first-order chi connectivity index (χ1) is 12.7. The van der Waals surface area contributed by atoms with Crippen LogP contribution in [0.5, 0.6) is 0 Å². The monoisotopic (exact) mass is 380 g/mol. The molecule has 0 aliphatic carbocycles. The van der Waals surface area contributed by atoms with E-state index in [0.717, 1.165) is 24.6 Å². The number of piperidine rings is 1. The number of likely N-dealkylation sites (tertiary alicyclic amines) is 1. The van der Waals surface area contributed by atoms with Crippen molar-refractivity contribution in [3.63, 3.8) is 0 Å². The third-order valence-corrected chi connectivity index (χ3v) is 4.57. The van der Waals surface area contributed by atoms with Gasteiger partial charge < -0.3 is 10.0 Å². The number of aromatic carboxylic acids is 1. The molecule has 2 aromatic heterocycles. The summed E-state index contributed by atoms with van der Waals surface area (Å²) >= 11 is 0. The summed E-state index contributed by atoms with van der Waals surface area (Å²) in [6.45, 7) is 2.97. The van der Waals surface area contributed by atoms with Crippen LogP contribution < -0.4 is 0 Å². The molecule has 2 aromatic rings. The number of carboxylic acid groups (broad SMARTS) is 1. The number of aromatic nitrogens is 3. The molecule has 0 atom stereocenters. The maximum absolute atomic E-state index is 12.7. The summed E-state index contributed by atoms with van der Waals surface area (Å²) in [5.41, 5.74) is 0.289. The van der Waals surface area contributed by atoms with Crippen molar-refractivity contribution >= 4 is 12.2 Å². The summed E-state index contributed by atoms with van der Waals surface area (Å²) in [5, 5.41) is 12.6. The SMILES string of the molecule is Cc1cc(C(F)(F)F)nn1C=CN1CCC(c2cccc(C(=O)O)n2)CC1. The number of pyridine rings is 1. The highest BCUT2D eigenvalue weighted by Gasteiger charge is 2.34. The van der Waals surface area contributed by atoms with E-state index >= 15 is 0 Å². The van der Waals surface area contributed by atoms with Crippen LogP contribution in [0.3, 0.4) is 0 Å². The molecule has 0 saturated carbocycles. The summed E-state index contributed by atoms with van der Waals surface area (Å²) in [4.78, 5) is 17.2. The Bertz CT molecular complexity index is 853. The molecule has 0 bridgehead atoms. The third kappa shape index (κ3) is 4.47. The Morgan fingerprint density at radius 3 is 2.56 bits per heavy atom. The third-order valence-electron chi connectivity index (χ3n) is 4.57. The lowest BCUT2D eigenvalue weighted by atomic mass is 9.93. The first-order valence-electron chi connectivity index (χ1n) is 8.50. The van der Waals surface area contributed by atoms with Crippen molar-refractivity contribution in [1.82, 2.24) is 19.7 Å². The molecule has 0 aromatic carbocycles. The lowest BCUT2D eigenvalue weighted by Gasteiger charge is -2.30. The van der Waals surface area contributed by atoms with E-state index in [0.29, 0.717) is 18.8 Å². The highest BCUT2D eigenvalue weighted by atomic mass is 19.4. The van der Waals surface area contributed by atoms with Gasteiger partial charge in [0.25, 0.3) is 0 Å². The molecule has 3 rings (SSSR count). The van der Waals surface area contributed by atoms with Gasteiger partial charge in [0.2, 0.25) is 0 Å². The van der Waals surface area contributed by atoms with Crippen molar-refractivity contribution in [2.45, 2.75) is 31.9 Å². The molecule has 1 saturated heterocycles. The van der Waals surface area contributed by atoms with E-state index < -0.39 is 17.8 Å². The Morgan fingerprint density at radius 1 is 1.26 bits per heavy atom. The number of hydrogen-bond acceptors (Lipinski definition) is 4. The highest BCUT2D eigenvalue weighted by molar-refractivity contribution is 5.85. The van der Waals surface area contributed by atoms with Crippen molar-refractivity contribution in [1.29, 1.82) is 0 Å². The average molecular weight is 380 g/mol. The highest BCUT2D eigenvalue weighted by Crippen LogP contribution is 2.29. The van der Waals surface area contributed by atoms with Crippen molar-refractivity contribution in [3.05, 3.63) is 53.2 Å². The van der Waals surface area contributed by atoms with Crippen LogP contribution in [0.15, 0.2) is 30.5 Å².